The van der Waals surface area contributed by atoms with Crippen LogP contribution in [0.2, 0.25) is 0 Å². The summed E-state index contributed by atoms with van der Waals surface area (Å²) in [7, 11) is 0. The Bertz CT molecular complexity index is 275. The molecule has 0 aliphatic carbocycles. The van der Waals surface area contributed by atoms with Crippen molar-refractivity contribution >= 4 is 0 Å². The van der Waals surface area contributed by atoms with Crippen LogP contribution < -0.4 is 5.32 Å². The largest absolute Gasteiger partial charge is 0.312 e. The van der Waals surface area contributed by atoms with Crippen molar-refractivity contribution < 1.29 is 0 Å². The van der Waals surface area contributed by atoms with Gasteiger partial charge in [-0.05, 0) is 47.5 Å². The van der Waals surface area contributed by atoms with Crippen LogP contribution in [0.1, 0.15) is 47.5 Å². The molecule has 1 N–H and O–H groups in total. The highest BCUT2D eigenvalue weighted by Crippen LogP contribution is 2.21. The van der Waals surface area contributed by atoms with Gasteiger partial charge in [-0.2, -0.15) is 5.26 Å². The lowest BCUT2D eigenvalue weighted by Gasteiger charge is -2.41. The normalized spacial score (nSPS) is 20.2. The van der Waals surface area contributed by atoms with Gasteiger partial charge in [0.15, 0.2) is 0 Å². The molecule has 1 aliphatic rings. The number of piperidine rings is 1. The number of likely N-dealkylation sites (tertiary alicyclic amines) is 1. The summed E-state index contributed by atoms with van der Waals surface area (Å²) in [6.45, 7) is 13.9. The van der Waals surface area contributed by atoms with E-state index in [1.807, 2.05) is 13.8 Å². The molecule has 0 aromatic heterocycles. The Morgan fingerprint density at radius 3 is 2.12 bits per heavy atom. The maximum Gasteiger partial charge on any atom is 0.0697 e. The summed E-state index contributed by atoms with van der Waals surface area (Å²) in [6, 6.07) is 2.93. The van der Waals surface area contributed by atoms with Gasteiger partial charge in [0, 0.05) is 31.2 Å². The summed E-state index contributed by atoms with van der Waals surface area (Å²) in [5, 5.41) is 12.5. The summed E-state index contributed by atoms with van der Waals surface area (Å²) in [6.07, 6.45) is 2.39. The van der Waals surface area contributed by atoms with Gasteiger partial charge < -0.3 is 5.32 Å². The molecule has 0 aromatic carbocycles. The number of hydrogen-bond donors (Lipinski definition) is 1. The molecule has 1 heterocycles. The van der Waals surface area contributed by atoms with Crippen molar-refractivity contribution in [3.8, 4) is 6.07 Å². The SMILES string of the molecule is CC(C)(C#N)CNC1CCN(C(C)(C)C)CC1. The van der Waals surface area contributed by atoms with Crippen molar-refractivity contribution in [3.63, 3.8) is 0 Å². The van der Waals surface area contributed by atoms with Gasteiger partial charge in [0.1, 0.15) is 0 Å². The van der Waals surface area contributed by atoms with Crippen LogP contribution in [-0.4, -0.2) is 36.1 Å². The zero-order valence-corrected chi connectivity index (χ0v) is 12.0. The van der Waals surface area contributed by atoms with Crippen molar-refractivity contribution in [2.75, 3.05) is 19.6 Å². The molecule has 3 heteroatoms. The first-order valence-corrected chi connectivity index (χ1v) is 6.64. The summed E-state index contributed by atoms with van der Waals surface area (Å²) in [4.78, 5) is 2.54. The van der Waals surface area contributed by atoms with E-state index in [0.29, 0.717) is 6.04 Å². The van der Waals surface area contributed by atoms with E-state index in [9.17, 15) is 0 Å². The van der Waals surface area contributed by atoms with Gasteiger partial charge in [0.25, 0.3) is 0 Å². The third-order valence-corrected chi connectivity index (χ3v) is 3.58. The third-order valence-electron chi connectivity index (χ3n) is 3.58. The summed E-state index contributed by atoms with van der Waals surface area (Å²) < 4.78 is 0. The number of hydrogen-bond acceptors (Lipinski definition) is 3. The van der Waals surface area contributed by atoms with E-state index < -0.39 is 0 Å². The number of nitrogens with zero attached hydrogens (tertiary/aromatic N) is 2. The molecule has 0 spiro atoms. The topological polar surface area (TPSA) is 39.1 Å². The lowest BCUT2D eigenvalue weighted by molar-refractivity contribution is 0.0949. The smallest absolute Gasteiger partial charge is 0.0697 e. The summed E-state index contributed by atoms with van der Waals surface area (Å²) >= 11 is 0. The fourth-order valence-electron chi connectivity index (χ4n) is 2.19. The maximum absolute atomic E-state index is 8.97. The van der Waals surface area contributed by atoms with Crippen molar-refractivity contribution in [3.05, 3.63) is 0 Å². The van der Waals surface area contributed by atoms with Gasteiger partial charge >= 0.3 is 0 Å². The van der Waals surface area contributed by atoms with Crippen LogP contribution in [0.15, 0.2) is 0 Å². The molecule has 0 amide bonds. The lowest BCUT2D eigenvalue weighted by Crippen LogP contribution is -2.50. The molecule has 3 nitrogen and oxygen atoms in total. The first kappa shape index (κ1) is 14.5. The van der Waals surface area contributed by atoms with Crippen molar-refractivity contribution in [1.82, 2.24) is 10.2 Å². The molecule has 17 heavy (non-hydrogen) atoms. The van der Waals surface area contributed by atoms with Crippen LogP contribution in [0.5, 0.6) is 0 Å². The Morgan fingerprint density at radius 1 is 1.18 bits per heavy atom. The van der Waals surface area contributed by atoms with E-state index in [1.165, 1.54) is 12.8 Å². The zero-order chi connectivity index (χ0) is 13.1. The van der Waals surface area contributed by atoms with Crippen molar-refractivity contribution in [2.45, 2.75) is 59.0 Å². The second-order valence-corrected chi connectivity index (χ2v) is 6.81. The molecule has 0 aromatic rings. The van der Waals surface area contributed by atoms with E-state index >= 15 is 0 Å². The molecule has 1 rings (SSSR count). The molecule has 0 saturated carbocycles. The second-order valence-electron chi connectivity index (χ2n) is 6.81. The lowest BCUT2D eigenvalue weighted by atomic mass is 9.93. The molecule has 0 unspecified atom stereocenters. The Hall–Kier alpha value is -0.590. The quantitative estimate of drug-likeness (QED) is 0.819. The number of nitrogens with one attached hydrogen (secondary N) is 1. The molecule has 1 fully saturated rings. The fraction of sp³-hybridized carbons (Fsp3) is 0.929. The first-order chi connectivity index (χ1) is 7.74. The van der Waals surface area contributed by atoms with E-state index in [4.69, 9.17) is 5.26 Å². The van der Waals surface area contributed by atoms with Crippen LogP contribution in [0.3, 0.4) is 0 Å². The Balaban J connectivity index is 2.32. The average molecular weight is 237 g/mol. The monoisotopic (exact) mass is 237 g/mol. The maximum atomic E-state index is 8.97. The van der Waals surface area contributed by atoms with E-state index in [1.54, 1.807) is 0 Å². The van der Waals surface area contributed by atoms with Gasteiger partial charge in [-0.1, -0.05) is 0 Å². The fourth-order valence-corrected chi connectivity index (χ4v) is 2.19. The molecular formula is C14H27N3. The van der Waals surface area contributed by atoms with Gasteiger partial charge in [-0.25, -0.2) is 0 Å². The highest BCUT2D eigenvalue weighted by Gasteiger charge is 2.27. The van der Waals surface area contributed by atoms with Crippen molar-refractivity contribution in [2.24, 2.45) is 5.41 Å². The van der Waals surface area contributed by atoms with Crippen LogP contribution in [0, 0.1) is 16.7 Å². The Labute approximate surface area is 106 Å². The molecular weight excluding hydrogens is 210 g/mol. The van der Waals surface area contributed by atoms with E-state index in [0.717, 1.165) is 19.6 Å². The van der Waals surface area contributed by atoms with Crippen LogP contribution >= 0.6 is 0 Å². The molecule has 1 aliphatic heterocycles. The number of nitriles is 1. The van der Waals surface area contributed by atoms with Gasteiger partial charge in [0.2, 0.25) is 0 Å². The summed E-state index contributed by atoms with van der Waals surface area (Å²) in [5.74, 6) is 0. The highest BCUT2D eigenvalue weighted by atomic mass is 15.2. The molecule has 98 valence electrons. The minimum absolute atomic E-state index is 0.249. The van der Waals surface area contributed by atoms with E-state index in [2.05, 4.69) is 37.1 Å². The molecule has 0 bridgehead atoms. The van der Waals surface area contributed by atoms with Gasteiger partial charge in [-0.15, -0.1) is 0 Å². The summed E-state index contributed by atoms with van der Waals surface area (Å²) in [5.41, 5.74) is 0.0397. The minimum atomic E-state index is -0.249. The van der Waals surface area contributed by atoms with Crippen LogP contribution in [0.4, 0.5) is 0 Å². The zero-order valence-electron chi connectivity index (χ0n) is 12.0. The Morgan fingerprint density at radius 2 is 1.71 bits per heavy atom. The third kappa shape index (κ3) is 4.65. The minimum Gasteiger partial charge on any atom is -0.312 e. The van der Waals surface area contributed by atoms with E-state index in [-0.39, 0.29) is 11.0 Å². The van der Waals surface area contributed by atoms with Crippen LogP contribution in [-0.2, 0) is 0 Å². The Kier molecular flexibility index (Phi) is 4.57. The molecule has 0 atom stereocenters. The van der Waals surface area contributed by atoms with Gasteiger partial charge in [-0.3, -0.25) is 4.90 Å². The standard InChI is InChI=1S/C14H27N3/c1-13(2,3)17-8-6-12(7-9-17)16-11-14(4,5)10-15/h12,16H,6-9,11H2,1-5H3. The molecule has 1 saturated heterocycles. The predicted octanol–water partition coefficient (Wildman–Crippen LogP) is 2.39. The predicted molar refractivity (Wildman–Crippen MR) is 71.7 cm³/mol. The van der Waals surface area contributed by atoms with Crippen LogP contribution in [0.25, 0.3) is 0 Å². The molecule has 0 radical (unpaired) electrons. The van der Waals surface area contributed by atoms with Gasteiger partial charge in [0.05, 0.1) is 11.5 Å². The van der Waals surface area contributed by atoms with Crippen molar-refractivity contribution in [1.29, 1.82) is 5.26 Å². The number of rotatable bonds is 3. The highest BCUT2D eigenvalue weighted by molar-refractivity contribution is 4.94. The second kappa shape index (κ2) is 5.37. The first-order valence-electron chi connectivity index (χ1n) is 6.64. The average Bonchev–Trinajstić information content (AvgIpc) is 2.26.